The second-order valence-corrected chi connectivity index (χ2v) is 4.18. The highest BCUT2D eigenvalue weighted by Gasteiger charge is 2.10. The molecule has 0 atom stereocenters. The first-order valence-corrected chi connectivity index (χ1v) is 5.95. The van der Waals surface area contributed by atoms with E-state index >= 15 is 0 Å². The zero-order chi connectivity index (χ0) is 10.5. The standard InChI is InChI=1S/C9H8N4S2/c1-2-3-14-9-8(12-15-13-9)7-4-10-6-11-5-7/h2,4-6H,1,3H2. The molecule has 0 amide bonds. The van der Waals surface area contributed by atoms with Crippen molar-refractivity contribution >= 4 is 23.5 Å². The van der Waals surface area contributed by atoms with E-state index in [1.807, 2.05) is 6.08 Å². The number of rotatable bonds is 4. The Morgan fingerprint density at radius 3 is 2.87 bits per heavy atom. The molecule has 2 rings (SSSR count). The molecule has 2 aromatic heterocycles. The lowest BCUT2D eigenvalue weighted by Crippen LogP contribution is -1.84. The fraction of sp³-hybridized carbons (Fsp3) is 0.111. The van der Waals surface area contributed by atoms with Gasteiger partial charge in [-0.25, -0.2) is 9.97 Å². The third-order valence-corrected chi connectivity index (χ3v) is 3.23. The fourth-order valence-corrected chi connectivity index (χ4v) is 2.43. The molecule has 6 heteroatoms. The van der Waals surface area contributed by atoms with Crippen molar-refractivity contribution in [3.63, 3.8) is 0 Å². The molecule has 0 fully saturated rings. The molecule has 2 heterocycles. The van der Waals surface area contributed by atoms with Crippen molar-refractivity contribution in [3.05, 3.63) is 31.4 Å². The molecule has 0 aliphatic rings. The Hall–Kier alpha value is -1.27. The van der Waals surface area contributed by atoms with E-state index in [0.717, 1.165) is 22.0 Å². The van der Waals surface area contributed by atoms with Gasteiger partial charge in [0.15, 0.2) is 0 Å². The molecule has 0 aliphatic carbocycles. The molecule has 0 unspecified atom stereocenters. The molecule has 0 bridgehead atoms. The van der Waals surface area contributed by atoms with Crippen LogP contribution in [-0.4, -0.2) is 24.5 Å². The third-order valence-electron chi connectivity index (χ3n) is 1.63. The lowest BCUT2D eigenvalue weighted by atomic mass is 10.3. The molecule has 0 radical (unpaired) electrons. The van der Waals surface area contributed by atoms with Gasteiger partial charge in [0.2, 0.25) is 0 Å². The summed E-state index contributed by atoms with van der Waals surface area (Å²) in [5, 5.41) is 0.912. The SMILES string of the molecule is C=CCSc1nsnc1-c1cncnc1. The highest BCUT2D eigenvalue weighted by molar-refractivity contribution is 7.99. The van der Waals surface area contributed by atoms with Crippen LogP contribution in [0.15, 0.2) is 36.4 Å². The van der Waals surface area contributed by atoms with Crippen LogP contribution in [0.25, 0.3) is 11.3 Å². The lowest BCUT2D eigenvalue weighted by molar-refractivity contribution is 1.15. The molecule has 15 heavy (non-hydrogen) atoms. The first kappa shape index (κ1) is 10.3. The van der Waals surface area contributed by atoms with E-state index in [4.69, 9.17) is 0 Å². The summed E-state index contributed by atoms with van der Waals surface area (Å²) in [4.78, 5) is 7.92. The van der Waals surface area contributed by atoms with Gasteiger partial charge in [-0.2, -0.15) is 8.75 Å². The van der Waals surface area contributed by atoms with Crippen LogP contribution >= 0.6 is 23.5 Å². The van der Waals surface area contributed by atoms with Crippen LogP contribution in [-0.2, 0) is 0 Å². The topological polar surface area (TPSA) is 51.6 Å². The summed E-state index contributed by atoms with van der Waals surface area (Å²) in [7, 11) is 0. The van der Waals surface area contributed by atoms with E-state index in [9.17, 15) is 0 Å². The van der Waals surface area contributed by atoms with Gasteiger partial charge in [0.1, 0.15) is 17.0 Å². The van der Waals surface area contributed by atoms with Crippen molar-refractivity contribution in [2.24, 2.45) is 0 Å². The van der Waals surface area contributed by atoms with E-state index in [-0.39, 0.29) is 0 Å². The van der Waals surface area contributed by atoms with Gasteiger partial charge < -0.3 is 0 Å². The largest absolute Gasteiger partial charge is 0.244 e. The minimum atomic E-state index is 0.826. The lowest BCUT2D eigenvalue weighted by Gasteiger charge is -1.97. The maximum absolute atomic E-state index is 4.23. The van der Waals surface area contributed by atoms with Gasteiger partial charge in [-0.3, -0.25) is 0 Å². The van der Waals surface area contributed by atoms with E-state index in [0.29, 0.717) is 0 Å². The number of thioether (sulfide) groups is 1. The van der Waals surface area contributed by atoms with Gasteiger partial charge in [0, 0.05) is 23.7 Å². The summed E-state index contributed by atoms with van der Waals surface area (Å²) < 4.78 is 8.46. The number of hydrogen-bond donors (Lipinski definition) is 0. The maximum Gasteiger partial charge on any atom is 0.138 e. The van der Waals surface area contributed by atoms with Crippen molar-refractivity contribution in [2.45, 2.75) is 5.03 Å². The summed E-state index contributed by atoms with van der Waals surface area (Å²) in [6.07, 6.45) is 6.82. The second kappa shape index (κ2) is 4.99. The van der Waals surface area contributed by atoms with Gasteiger partial charge in [-0.05, 0) is 0 Å². The maximum atomic E-state index is 4.23. The van der Waals surface area contributed by atoms with Crippen LogP contribution in [0.5, 0.6) is 0 Å². The van der Waals surface area contributed by atoms with Crippen molar-refractivity contribution in [2.75, 3.05) is 5.75 Å². The van der Waals surface area contributed by atoms with E-state index in [2.05, 4.69) is 25.3 Å². The summed E-state index contributed by atoms with van der Waals surface area (Å²) >= 11 is 2.81. The van der Waals surface area contributed by atoms with Gasteiger partial charge in [0.05, 0.1) is 11.7 Å². The predicted molar refractivity (Wildman–Crippen MR) is 61.9 cm³/mol. The van der Waals surface area contributed by atoms with E-state index < -0.39 is 0 Å². The number of hydrogen-bond acceptors (Lipinski definition) is 6. The Morgan fingerprint density at radius 1 is 1.33 bits per heavy atom. The number of aromatic nitrogens is 4. The van der Waals surface area contributed by atoms with E-state index in [1.165, 1.54) is 18.1 Å². The molecule has 0 saturated carbocycles. The van der Waals surface area contributed by atoms with Crippen molar-refractivity contribution in [1.82, 2.24) is 18.7 Å². The molecule has 0 aliphatic heterocycles. The van der Waals surface area contributed by atoms with Crippen LogP contribution in [0.2, 0.25) is 0 Å². The third kappa shape index (κ3) is 2.40. The Balaban J connectivity index is 2.29. The van der Waals surface area contributed by atoms with Crippen LogP contribution < -0.4 is 0 Å². The first-order chi connectivity index (χ1) is 7.42. The smallest absolute Gasteiger partial charge is 0.138 e. The van der Waals surface area contributed by atoms with Gasteiger partial charge in [-0.15, -0.1) is 6.58 Å². The van der Waals surface area contributed by atoms with Gasteiger partial charge >= 0.3 is 0 Å². The summed E-state index contributed by atoms with van der Waals surface area (Å²) in [6, 6.07) is 0. The van der Waals surface area contributed by atoms with Gasteiger partial charge in [0.25, 0.3) is 0 Å². The highest BCUT2D eigenvalue weighted by atomic mass is 32.2. The minimum absolute atomic E-state index is 0.826. The second-order valence-electron chi connectivity index (χ2n) is 2.64. The molecular weight excluding hydrogens is 228 g/mol. The van der Waals surface area contributed by atoms with E-state index in [1.54, 1.807) is 24.2 Å². The molecule has 76 valence electrons. The summed E-state index contributed by atoms with van der Waals surface area (Å²) in [6.45, 7) is 3.67. The summed E-state index contributed by atoms with van der Waals surface area (Å²) in [5.74, 6) is 0.826. The van der Waals surface area contributed by atoms with Crippen molar-refractivity contribution in [3.8, 4) is 11.3 Å². The average Bonchev–Trinajstić information content (AvgIpc) is 2.75. The Kier molecular flexibility index (Phi) is 3.41. The first-order valence-electron chi connectivity index (χ1n) is 4.23. The molecule has 2 aromatic rings. The quantitative estimate of drug-likeness (QED) is 0.602. The average molecular weight is 236 g/mol. The molecule has 0 spiro atoms. The zero-order valence-electron chi connectivity index (χ0n) is 7.83. The highest BCUT2D eigenvalue weighted by Crippen LogP contribution is 2.28. The predicted octanol–water partition coefficient (Wildman–Crippen LogP) is 2.27. The van der Waals surface area contributed by atoms with Gasteiger partial charge in [-0.1, -0.05) is 17.8 Å². The monoisotopic (exact) mass is 236 g/mol. The number of nitrogens with zero attached hydrogens (tertiary/aromatic N) is 4. The molecule has 0 N–H and O–H groups in total. The van der Waals surface area contributed by atoms with Crippen LogP contribution in [0.1, 0.15) is 0 Å². The van der Waals surface area contributed by atoms with Crippen LogP contribution in [0.4, 0.5) is 0 Å². The zero-order valence-corrected chi connectivity index (χ0v) is 9.46. The van der Waals surface area contributed by atoms with Crippen LogP contribution in [0.3, 0.4) is 0 Å². The molecule has 4 nitrogen and oxygen atoms in total. The fourth-order valence-electron chi connectivity index (χ4n) is 1.01. The molecule has 0 aromatic carbocycles. The molecular formula is C9H8N4S2. The normalized spacial score (nSPS) is 10.1. The molecule has 0 saturated heterocycles. The van der Waals surface area contributed by atoms with Crippen molar-refractivity contribution < 1.29 is 0 Å². The Morgan fingerprint density at radius 2 is 2.13 bits per heavy atom. The Labute approximate surface area is 95.8 Å². The van der Waals surface area contributed by atoms with Crippen LogP contribution in [0, 0.1) is 0 Å². The van der Waals surface area contributed by atoms with Crippen molar-refractivity contribution in [1.29, 1.82) is 0 Å². The minimum Gasteiger partial charge on any atom is -0.244 e. The Bertz CT molecular complexity index is 440. The summed E-state index contributed by atoms with van der Waals surface area (Å²) in [5.41, 5.74) is 1.75.